The third kappa shape index (κ3) is 7.59. The first-order valence-electron chi connectivity index (χ1n) is 9.33. The number of urea groups is 1. The van der Waals surface area contributed by atoms with E-state index in [1.54, 1.807) is 43.3 Å². The summed E-state index contributed by atoms with van der Waals surface area (Å²) in [7, 11) is 0. The Balaban J connectivity index is 1.95. The van der Waals surface area contributed by atoms with Crippen molar-refractivity contribution in [3.63, 3.8) is 0 Å². The van der Waals surface area contributed by atoms with Crippen molar-refractivity contribution in [2.24, 2.45) is 0 Å². The van der Waals surface area contributed by atoms with Crippen molar-refractivity contribution in [2.75, 3.05) is 13.1 Å². The molecule has 3 N–H and O–H groups in total. The van der Waals surface area contributed by atoms with Gasteiger partial charge in [0.25, 0.3) is 5.91 Å². The van der Waals surface area contributed by atoms with Crippen molar-refractivity contribution >= 4 is 29.9 Å². The van der Waals surface area contributed by atoms with E-state index in [0.29, 0.717) is 12.1 Å². The van der Waals surface area contributed by atoms with E-state index in [9.17, 15) is 19.2 Å². The van der Waals surface area contributed by atoms with E-state index in [-0.39, 0.29) is 0 Å². The fourth-order valence-corrected chi connectivity index (χ4v) is 2.41. The number of rotatable bonds is 8. The summed E-state index contributed by atoms with van der Waals surface area (Å²) in [5, 5.41) is 6.95. The summed E-state index contributed by atoms with van der Waals surface area (Å²) in [6.45, 7) is 1.60. The lowest BCUT2D eigenvalue weighted by atomic mass is 10.1. The zero-order valence-electron chi connectivity index (χ0n) is 16.5. The lowest BCUT2D eigenvalue weighted by Gasteiger charge is -2.17. The van der Waals surface area contributed by atoms with Crippen molar-refractivity contribution in [3.05, 3.63) is 77.9 Å². The minimum Gasteiger partial charge on any atom is -0.446 e. The van der Waals surface area contributed by atoms with Gasteiger partial charge in [-0.05, 0) is 18.6 Å². The van der Waals surface area contributed by atoms with Gasteiger partial charge in [-0.2, -0.15) is 0 Å². The maximum absolute atomic E-state index is 12.4. The second kappa shape index (κ2) is 11.8. The number of esters is 1. The molecular weight excluding hydrogens is 386 g/mol. The van der Waals surface area contributed by atoms with Crippen molar-refractivity contribution < 1.29 is 23.9 Å². The molecule has 2 aromatic carbocycles. The maximum Gasteiger partial charge on any atom is 0.326 e. The lowest BCUT2D eigenvalue weighted by Crippen LogP contribution is -2.43. The molecule has 8 nitrogen and oxygen atoms in total. The number of hydrogen-bond donors (Lipinski definition) is 3. The van der Waals surface area contributed by atoms with Gasteiger partial charge in [0.05, 0.1) is 0 Å². The van der Waals surface area contributed by atoms with Gasteiger partial charge < -0.3 is 15.4 Å². The van der Waals surface area contributed by atoms with Gasteiger partial charge in [-0.1, -0.05) is 60.7 Å². The van der Waals surface area contributed by atoms with E-state index in [0.717, 1.165) is 5.56 Å². The molecule has 30 heavy (non-hydrogen) atoms. The highest BCUT2D eigenvalue weighted by Crippen LogP contribution is 2.17. The number of benzene rings is 2. The molecule has 0 saturated heterocycles. The SMILES string of the molecule is CCNC(=O)NC(=O)[C@H](OC(=O)CNC(=O)/C=C/c1ccccc1)c1ccccc1. The van der Waals surface area contributed by atoms with Crippen LogP contribution in [0.2, 0.25) is 0 Å². The number of nitrogens with one attached hydrogen (secondary N) is 3. The fraction of sp³-hybridized carbons (Fsp3) is 0.182. The standard InChI is InChI=1S/C22H23N3O5/c1-2-23-22(29)25-21(28)20(17-11-7-4-8-12-17)30-19(27)15-24-18(26)14-13-16-9-5-3-6-10-16/h3-14,20H,2,15H2,1H3,(H,24,26)(H2,23,25,28,29)/b14-13+/t20-/m1/s1. The van der Waals surface area contributed by atoms with Crippen LogP contribution in [0.25, 0.3) is 6.08 Å². The molecule has 2 rings (SSSR count). The van der Waals surface area contributed by atoms with E-state index in [1.807, 2.05) is 30.3 Å². The summed E-state index contributed by atoms with van der Waals surface area (Å²) >= 11 is 0. The molecule has 0 aliphatic heterocycles. The molecule has 0 unspecified atom stereocenters. The van der Waals surface area contributed by atoms with E-state index < -0.39 is 36.5 Å². The largest absolute Gasteiger partial charge is 0.446 e. The summed E-state index contributed by atoms with van der Waals surface area (Å²) in [6, 6.07) is 16.8. The average Bonchev–Trinajstić information content (AvgIpc) is 2.76. The Labute approximate surface area is 174 Å². The maximum atomic E-state index is 12.4. The van der Waals surface area contributed by atoms with Crippen LogP contribution in [0.3, 0.4) is 0 Å². The Morgan fingerprint density at radius 3 is 2.20 bits per heavy atom. The topological polar surface area (TPSA) is 114 Å². The van der Waals surface area contributed by atoms with Gasteiger partial charge in [0.2, 0.25) is 12.0 Å². The number of amides is 4. The molecule has 4 amide bonds. The Hall–Kier alpha value is -3.94. The second-order valence-corrected chi connectivity index (χ2v) is 6.09. The van der Waals surface area contributed by atoms with Crippen molar-refractivity contribution in [3.8, 4) is 0 Å². The highest BCUT2D eigenvalue weighted by Gasteiger charge is 2.26. The van der Waals surface area contributed by atoms with Gasteiger partial charge >= 0.3 is 12.0 Å². The van der Waals surface area contributed by atoms with Crippen LogP contribution in [-0.2, 0) is 19.1 Å². The minimum absolute atomic E-state index is 0.331. The van der Waals surface area contributed by atoms with Crippen LogP contribution in [0, 0.1) is 0 Å². The zero-order chi connectivity index (χ0) is 21.8. The highest BCUT2D eigenvalue weighted by atomic mass is 16.5. The summed E-state index contributed by atoms with van der Waals surface area (Å²) in [6.07, 6.45) is 1.56. The van der Waals surface area contributed by atoms with Gasteiger partial charge in [-0.25, -0.2) is 4.79 Å². The van der Waals surface area contributed by atoms with Crippen LogP contribution < -0.4 is 16.0 Å². The molecule has 2 aromatic rings. The van der Waals surface area contributed by atoms with E-state index in [2.05, 4.69) is 16.0 Å². The third-order valence-corrected chi connectivity index (χ3v) is 3.80. The minimum atomic E-state index is -1.34. The molecule has 0 radical (unpaired) electrons. The predicted octanol–water partition coefficient (Wildman–Crippen LogP) is 1.95. The first-order valence-corrected chi connectivity index (χ1v) is 9.33. The third-order valence-electron chi connectivity index (χ3n) is 3.80. The number of carbonyl (C=O) groups excluding carboxylic acids is 4. The lowest BCUT2D eigenvalue weighted by molar-refractivity contribution is -0.155. The summed E-state index contributed by atoms with van der Waals surface area (Å²) in [5.41, 5.74) is 1.23. The Morgan fingerprint density at radius 2 is 1.57 bits per heavy atom. The molecule has 0 fully saturated rings. The van der Waals surface area contributed by atoms with Gasteiger partial charge in [0.1, 0.15) is 6.54 Å². The molecule has 0 aliphatic rings. The molecule has 0 aliphatic carbocycles. The molecule has 156 valence electrons. The number of imide groups is 1. The van der Waals surface area contributed by atoms with E-state index in [1.165, 1.54) is 6.08 Å². The molecule has 0 bridgehead atoms. The quantitative estimate of drug-likeness (QED) is 0.456. The number of hydrogen-bond acceptors (Lipinski definition) is 5. The summed E-state index contributed by atoms with van der Waals surface area (Å²) < 4.78 is 5.22. The second-order valence-electron chi connectivity index (χ2n) is 6.09. The monoisotopic (exact) mass is 409 g/mol. The summed E-state index contributed by atoms with van der Waals surface area (Å²) in [5.74, 6) is -2.11. The van der Waals surface area contributed by atoms with Crippen LogP contribution in [-0.4, -0.2) is 36.9 Å². The van der Waals surface area contributed by atoms with Gasteiger partial charge in [-0.3, -0.25) is 19.7 Å². The van der Waals surface area contributed by atoms with Gasteiger partial charge in [-0.15, -0.1) is 0 Å². The fourth-order valence-electron chi connectivity index (χ4n) is 2.41. The molecule has 0 saturated carbocycles. The molecule has 0 aromatic heterocycles. The number of ether oxygens (including phenoxy) is 1. The molecule has 0 spiro atoms. The van der Waals surface area contributed by atoms with Crippen molar-refractivity contribution in [1.29, 1.82) is 0 Å². The Bertz CT molecular complexity index is 898. The van der Waals surface area contributed by atoms with Crippen LogP contribution in [0.15, 0.2) is 66.7 Å². The van der Waals surface area contributed by atoms with Crippen molar-refractivity contribution in [1.82, 2.24) is 16.0 Å². The number of carbonyl (C=O) groups is 4. The molecular formula is C22H23N3O5. The van der Waals surface area contributed by atoms with Crippen LogP contribution in [0.4, 0.5) is 4.79 Å². The Kier molecular flexibility index (Phi) is 8.79. The van der Waals surface area contributed by atoms with Gasteiger partial charge in [0.15, 0.2) is 0 Å². The van der Waals surface area contributed by atoms with Crippen LogP contribution in [0.1, 0.15) is 24.2 Å². The van der Waals surface area contributed by atoms with E-state index in [4.69, 9.17) is 4.74 Å². The normalized spacial score (nSPS) is 11.4. The first kappa shape index (κ1) is 22.4. The molecule has 8 heteroatoms. The molecule has 0 heterocycles. The smallest absolute Gasteiger partial charge is 0.326 e. The average molecular weight is 409 g/mol. The molecule has 1 atom stereocenters. The van der Waals surface area contributed by atoms with Gasteiger partial charge in [0, 0.05) is 18.2 Å². The first-order chi connectivity index (χ1) is 14.5. The van der Waals surface area contributed by atoms with Crippen LogP contribution in [0.5, 0.6) is 0 Å². The predicted molar refractivity (Wildman–Crippen MR) is 111 cm³/mol. The van der Waals surface area contributed by atoms with E-state index >= 15 is 0 Å². The Morgan fingerprint density at radius 1 is 0.933 bits per heavy atom. The van der Waals surface area contributed by atoms with Crippen molar-refractivity contribution in [2.45, 2.75) is 13.0 Å². The zero-order valence-corrected chi connectivity index (χ0v) is 16.5. The summed E-state index contributed by atoms with van der Waals surface area (Å²) in [4.78, 5) is 48.1. The van der Waals surface area contributed by atoms with Crippen LogP contribution >= 0.6 is 0 Å². The highest BCUT2D eigenvalue weighted by molar-refractivity contribution is 5.98.